The molecule has 4 heteroatoms. The Kier molecular flexibility index (Phi) is 7.69. The van der Waals surface area contributed by atoms with Crippen molar-refractivity contribution in [3.63, 3.8) is 0 Å². The lowest BCUT2D eigenvalue weighted by molar-refractivity contribution is 0.305. The molecular weight excluding hydrogens is 224 g/mol. The molecule has 0 aliphatic rings. The van der Waals surface area contributed by atoms with Gasteiger partial charge in [-0.15, -0.1) is 0 Å². The second kappa shape index (κ2) is 9.11. The summed E-state index contributed by atoms with van der Waals surface area (Å²) in [6.07, 6.45) is 9.12. The highest BCUT2D eigenvalue weighted by atomic mass is 15.1. The van der Waals surface area contributed by atoms with E-state index in [1.54, 1.807) is 0 Å². The molecule has 0 atom stereocenters. The van der Waals surface area contributed by atoms with Crippen molar-refractivity contribution in [1.29, 1.82) is 0 Å². The molecule has 1 heterocycles. The normalized spacial score (nSPS) is 11.3. The zero-order chi connectivity index (χ0) is 13.2. The minimum absolute atomic E-state index is 0.945. The predicted octanol–water partition coefficient (Wildman–Crippen LogP) is 2.02. The number of imidazole rings is 1. The highest BCUT2D eigenvalue weighted by Crippen LogP contribution is 2.03. The van der Waals surface area contributed by atoms with Gasteiger partial charge in [-0.3, -0.25) is 4.90 Å². The molecule has 1 rings (SSSR count). The van der Waals surface area contributed by atoms with Gasteiger partial charge in [0.25, 0.3) is 0 Å². The van der Waals surface area contributed by atoms with Crippen molar-refractivity contribution in [3.05, 3.63) is 18.2 Å². The van der Waals surface area contributed by atoms with Crippen molar-refractivity contribution in [1.82, 2.24) is 19.8 Å². The quantitative estimate of drug-likeness (QED) is 0.647. The zero-order valence-electron chi connectivity index (χ0n) is 12.2. The van der Waals surface area contributed by atoms with Crippen LogP contribution >= 0.6 is 0 Å². The van der Waals surface area contributed by atoms with E-state index < -0.39 is 0 Å². The Morgan fingerprint density at radius 3 is 2.72 bits per heavy atom. The molecule has 0 aliphatic carbocycles. The standard InChI is InChI=1S/C14H28N4/c1-4-15-9-7-5-6-8-11-17(2)13-14-16-10-12-18(14)3/h10,12,15H,4-9,11,13H2,1-3H3. The Hall–Kier alpha value is -0.870. The van der Waals surface area contributed by atoms with Crippen molar-refractivity contribution in [2.24, 2.45) is 7.05 Å². The lowest BCUT2D eigenvalue weighted by Gasteiger charge is -2.16. The van der Waals surface area contributed by atoms with Crippen molar-refractivity contribution in [3.8, 4) is 0 Å². The minimum atomic E-state index is 0.945. The number of aromatic nitrogens is 2. The molecule has 4 nitrogen and oxygen atoms in total. The van der Waals surface area contributed by atoms with Crippen molar-refractivity contribution in [2.45, 2.75) is 39.2 Å². The molecule has 104 valence electrons. The number of nitrogens with one attached hydrogen (secondary N) is 1. The Morgan fingerprint density at radius 2 is 2.06 bits per heavy atom. The SMILES string of the molecule is CCNCCCCCCN(C)Cc1nccn1C. The Bertz CT molecular complexity index is 308. The van der Waals surface area contributed by atoms with Crippen LogP contribution in [-0.2, 0) is 13.6 Å². The average Bonchev–Trinajstić information content (AvgIpc) is 2.74. The van der Waals surface area contributed by atoms with Gasteiger partial charge in [0.1, 0.15) is 5.82 Å². The number of nitrogens with zero attached hydrogens (tertiary/aromatic N) is 3. The number of hydrogen-bond donors (Lipinski definition) is 1. The van der Waals surface area contributed by atoms with E-state index in [0.717, 1.165) is 25.5 Å². The van der Waals surface area contributed by atoms with Crippen LogP contribution in [0.25, 0.3) is 0 Å². The van der Waals surface area contributed by atoms with E-state index in [-0.39, 0.29) is 0 Å². The van der Waals surface area contributed by atoms with E-state index in [1.165, 1.54) is 32.2 Å². The zero-order valence-corrected chi connectivity index (χ0v) is 12.2. The lowest BCUT2D eigenvalue weighted by Crippen LogP contribution is -2.21. The molecule has 0 aliphatic heterocycles. The summed E-state index contributed by atoms with van der Waals surface area (Å²) in [6.45, 7) is 6.52. The summed E-state index contributed by atoms with van der Waals surface area (Å²) in [5.74, 6) is 1.14. The summed E-state index contributed by atoms with van der Waals surface area (Å²) >= 11 is 0. The molecule has 18 heavy (non-hydrogen) atoms. The second-order valence-electron chi connectivity index (χ2n) is 4.96. The van der Waals surface area contributed by atoms with Gasteiger partial charge in [-0.1, -0.05) is 19.8 Å². The Balaban J connectivity index is 2.00. The summed E-state index contributed by atoms with van der Waals surface area (Å²) in [4.78, 5) is 6.70. The van der Waals surface area contributed by atoms with Crippen molar-refractivity contribution in [2.75, 3.05) is 26.7 Å². The summed E-state index contributed by atoms with van der Waals surface area (Å²) in [7, 11) is 4.23. The lowest BCUT2D eigenvalue weighted by atomic mass is 10.2. The number of rotatable bonds is 10. The van der Waals surface area contributed by atoms with Gasteiger partial charge in [0.2, 0.25) is 0 Å². The average molecular weight is 252 g/mol. The maximum atomic E-state index is 4.35. The number of hydrogen-bond acceptors (Lipinski definition) is 3. The van der Waals surface area contributed by atoms with Gasteiger partial charge in [-0.25, -0.2) is 4.98 Å². The van der Waals surface area contributed by atoms with Crippen molar-refractivity contribution < 1.29 is 0 Å². The first-order valence-electron chi connectivity index (χ1n) is 7.09. The van der Waals surface area contributed by atoms with Crippen LogP contribution in [0.4, 0.5) is 0 Å². The van der Waals surface area contributed by atoms with Crippen LogP contribution in [0, 0.1) is 0 Å². The molecule has 1 aromatic rings. The molecule has 0 saturated carbocycles. The number of aryl methyl sites for hydroxylation is 1. The van der Waals surface area contributed by atoms with Crippen molar-refractivity contribution >= 4 is 0 Å². The van der Waals surface area contributed by atoms with E-state index in [4.69, 9.17) is 0 Å². The first-order chi connectivity index (χ1) is 8.74. The van der Waals surface area contributed by atoms with Crippen LogP contribution in [0.2, 0.25) is 0 Å². The monoisotopic (exact) mass is 252 g/mol. The molecule has 0 spiro atoms. The third-order valence-electron chi connectivity index (χ3n) is 3.23. The highest BCUT2D eigenvalue weighted by Gasteiger charge is 2.03. The van der Waals surface area contributed by atoms with E-state index in [1.807, 2.05) is 12.4 Å². The molecule has 0 unspecified atom stereocenters. The molecule has 0 fully saturated rings. The smallest absolute Gasteiger partial charge is 0.122 e. The van der Waals surface area contributed by atoms with Gasteiger partial charge in [0.05, 0.1) is 6.54 Å². The van der Waals surface area contributed by atoms with Crippen LogP contribution in [-0.4, -0.2) is 41.1 Å². The maximum Gasteiger partial charge on any atom is 0.122 e. The van der Waals surface area contributed by atoms with Gasteiger partial charge in [0.15, 0.2) is 0 Å². The first kappa shape index (κ1) is 15.2. The molecule has 0 saturated heterocycles. The van der Waals surface area contributed by atoms with Gasteiger partial charge in [0, 0.05) is 19.4 Å². The van der Waals surface area contributed by atoms with Crippen LogP contribution in [0.3, 0.4) is 0 Å². The molecule has 0 radical (unpaired) electrons. The van der Waals surface area contributed by atoms with Crippen LogP contribution < -0.4 is 5.32 Å². The third-order valence-corrected chi connectivity index (χ3v) is 3.23. The summed E-state index contributed by atoms with van der Waals surface area (Å²) in [5, 5.41) is 3.36. The van der Waals surface area contributed by atoms with Gasteiger partial charge in [-0.2, -0.15) is 0 Å². The van der Waals surface area contributed by atoms with E-state index in [0.29, 0.717) is 0 Å². The van der Waals surface area contributed by atoms with Gasteiger partial charge in [-0.05, 0) is 39.5 Å². The highest BCUT2D eigenvalue weighted by molar-refractivity contribution is 4.90. The van der Waals surface area contributed by atoms with Gasteiger partial charge < -0.3 is 9.88 Å². The fourth-order valence-electron chi connectivity index (χ4n) is 2.03. The molecule has 1 aromatic heterocycles. The van der Waals surface area contributed by atoms with E-state index in [9.17, 15) is 0 Å². The molecule has 0 bridgehead atoms. The molecule has 0 aromatic carbocycles. The Labute approximate surface area is 111 Å². The first-order valence-corrected chi connectivity index (χ1v) is 7.09. The summed E-state index contributed by atoms with van der Waals surface area (Å²) < 4.78 is 2.09. The largest absolute Gasteiger partial charge is 0.337 e. The minimum Gasteiger partial charge on any atom is -0.337 e. The summed E-state index contributed by atoms with van der Waals surface area (Å²) in [5.41, 5.74) is 0. The molecule has 0 amide bonds. The maximum absolute atomic E-state index is 4.35. The van der Waals surface area contributed by atoms with E-state index >= 15 is 0 Å². The fraction of sp³-hybridized carbons (Fsp3) is 0.786. The topological polar surface area (TPSA) is 33.1 Å². The molecule has 1 N–H and O–H groups in total. The third kappa shape index (κ3) is 6.17. The molecular formula is C14H28N4. The van der Waals surface area contributed by atoms with Crippen LogP contribution in [0.15, 0.2) is 12.4 Å². The van der Waals surface area contributed by atoms with Gasteiger partial charge >= 0.3 is 0 Å². The fourth-order valence-corrected chi connectivity index (χ4v) is 2.03. The summed E-state index contributed by atoms with van der Waals surface area (Å²) in [6, 6.07) is 0. The van der Waals surface area contributed by atoms with E-state index in [2.05, 4.69) is 40.8 Å². The predicted molar refractivity (Wildman–Crippen MR) is 76.6 cm³/mol. The Morgan fingerprint density at radius 1 is 1.28 bits per heavy atom. The second-order valence-corrected chi connectivity index (χ2v) is 4.96. The van der Waals surface area contributed by atoms with Crippen LogP contribution in [0.5, 0.6) is 0 Å². The van der Waals surface area contributed by atoms with Crippen LogP contribution in [0.1, 0.15) is 38.4 Å². The number of unbranched alkanes of at least 4 members (excludes halogenated alkanes) is 3.